The molecule has 0 spiro atoms. The lowest BCUT2D eigenvalue weighted by atomic mass is 10.2. The molecular formula is C30H30BrO3P. The van der Waals surface area contributed by atoms with Gasteiger partial charge >= 0.3 is 5.97 Å². The molecule has 4 aromatic rings. The highest BCUT2D eigenvalue weighted by Crippen LogP contribution is 2.55. The monoisotopic (exact) mass is 548 g/mol. The summed E-state index contributed by atoms with van der Waals surface area (Å²) in [5, 5.41) is 14.0. The van der Waals surface area contributed by atoms with Crippen LogP contribution in [0.1, 0.15) is 29.6 Å². The number of carbonyl (C=O) groups is 1. The van der Waals surface area contributed by atoms with Crippen LogP contribution in [0.3, 0.4) is 0 Å². The molecule has 0 aliphatic rings. The number of benzene rings is 4. The number of esters is 1. The Morgan fingerprint density at radius 2 is 1.09 bits per heavy atom. The summed E-state index contributed by atoms with van der Waals surface area (Å²) in [5.41, 5.74) is 0.213. The van der Waals surface area contributed by atoms with E-state index in [0.717, 1.165) is 25.4 Å². The summed E-state index contributed by atoms with van der Waals surface area (Å²) in [5.74, 6) is -0.520. The predicted molar refractivity (Wildman–Crippen MR) is 142 cm³/mol. The maximum absolute atomic E-state index is 12.2. The van der Waals surface area contributed by atoms with Gasteiger partial charge in [0.2, 0.25) is 0 Å². The zero-order valence-electron chi connectivity index (χ0n) is 19.6. The lowest BCUT2D eigenvalue weighted by molar-refractivity contribution is -0.0000269. The number of para-hydroxylation sites is 1. The van der Waals surface area contributed by atoms with Gasteiger partial charge in [-0.3, -0.25) is 0 Å². The van der Waals surface area contributed by atoms with E-state index in [0.29, 0.717) is 6.61 Å². The summed E-state index contributed by atoms with van der Waals surface area (Å²) < 4.78 is 5.41. The number of phenolic OH excluding ortho intramolecular Hbond substituents is 1. The molecule has 0 heterocycles. The van der Waals surface area contributed by atoms with Crippen molar-refractivity contribution in [2.24, 2.45) is 0 Å². The quantitative estimate of drug-likeness (QED) is 0.188. The van der Waals surface area contributed by atoms with Crippen LogP contribution in [0.15, 0.2) is 115 Å². The highest BCUT2D eigenvalue weighted by molar-refractivity contribution is 7.95. The van der Waals surface area contributed by atoms with Crippen molar-refractivity contribution in [1.82, 2.24) is 0 Å². The number of aromatic hydroxyl groups is 1. The smallest absolute Gasteiger partial charge is 0.341 e. The molecule has 0 fully saturated rings. The Hall–Kier alpha value is -2.94. The van der Waals surface area contributed by atoms with Crippen molar-refractivity contribution >= 4 is 29.1 Å². The number of halogens is 1. The normalized spacial score (nSPS) is 10.9. The van der Waals surface area contributed by atoms with E-state index in [9.17, 15) is 9.90 Å². The largest absolute Gasteiger partial charge is 1.00 e. The Morgan fingerprint density at radius 3 is 1.57 bits per heavy atom. The minimum absolute atomic E-state index is 0. The van der Waals surface area contributed by atoms with E-state index in [2.05, 4.69) is 91.0 Å². The molecule has 0 aromatic heterocycles. The summed E-state index contributed by atoms with van der Waals surface area (Å²) >= 11 is 0. The fraction of sp³-hybridized carbons (Fsp3) is 0.167. The van der Waals surface area contributed by atoms with Gasteiger partial charge in [0.05, 0.1) is 12.8 Å². The van der Waals surface area contributed by atoms with E-state index in [1.807, 2.05) is 0 Å². The molecule has 3 nitrogen and oxygen atoms in total. The Labute approximate surface area is 218 Å². The van der Waals surface area contributed by atoms with Crippen molar-refractivity contribution in [3.05, 3.63) is 121 Å². The number of unbranched alkanes of at least 4 members (excludes halogenated alkanes) is 2. The van der Waals surface area contributed by atoms with Crippen LogP contribution in [-0.4, -0.2) is 23.8 Å². The Balaban J connectivity index is 0.00000342. The second-order valence-corrected chi connectivity index (χ2v) is 11.9. The minimum Gasteiger partial charge on any atom is -1.00 e. The summed E-state index contributed by atoms with van der Waals surface area (Å²) in [7, 11) is -1.82. The van der Waals surface area contributed by atoms with Gasteiger partial charge in [-0.15, -0.1) is 0 Å². The molecule has 0 aliphatic heterocycles. The van der Waals surface area contributed by atoms with Gasteiger partial charge in [0.15, 0.2) is 0 Å². The molecule has 0 unspecified atom stereocenters. The second-order valence-electron chi connectivity index (χ2n) is 8.25. The molecule has 0 saturated heterocycles. The van der Waals surface area contributed by atoms with Crippen LogP contribution in [0.2, 0.25) is 0 Å². The Kier molecular flexibility index (Phi) is 10.1. The molecule has 0 saturated carbocycles. The number of carbonyl (C=O) groups excluding carboxylic acids is 1. The van der Waals surface area contributed by atoms with Crippen LogP contribution in [0.4, 0.5) is 0 Å². The molecule has 35 heavy (non-hydrogen) atoms. The van der Waals surface area contributed by atoms with Crippen molar-refractivity contribution in [3.8, 4) is 5.75 Å². The minimum atomic E-state index is -1.82. The van der Waals surface area contributed by atoms with Crippen LogP contribution in [0.5, 0.6) is 5.75 Å². The van der Waals surface area contributed by atoms with Gasteiger partial charge in [-0.2, -0.15) is 0 Å². The molecule has 0 atom stereocenters. The third-order valence-corrected chi connectivity index (χ3v) is 10.6. The van der Waals surface area contributed by atoms with E-state index < -0.39 is 13.2 Å². The van der Waals surface area contributed by atoms with E-state index >= 15 is 0 Å². The molecule has 5 heteroatoms. The molecule has 0 bridgehead atoms. The van der Waals surface area contributed by atoms with Crippen molar-refractivity contribution in [2.75, 3.05) is 12.8 Å². The van der Waals surface area contributed by atoms with Gasteiger partial charge in [-0.05, 0) is 67.8 Å². The van der Waals surface area contributed by atoms with Crippen LogP contribution >= 0.6 is 7.26 Å². The number of rotatable bonds is 10. The molecular weight excluding hydrogens is 519 g/mol. The Morgan fingerprint density at radius 1 is 0.629 bits per heavy atom. The summed E-state index contributed by atoms with van der Waals surface area (Å²) in [6.07, 6.45) is 3.83. The first-order chi connectivity index (χ1) is 16.7. The van der Waals surface area contributed by atoms with Crippen molar-refractivity contribution in [2.45, 2.75) is 19.3 Å². The summed E-state index contributed by atoms with van der Waals surface area (Å²) in [6, 6.07) is 39.1. The van der Waals surface area contributed by atoms with Gasteiger partial charge in [0.25, 0.3) is 0 Å². The number of hydrogen-bond acceptors (Lipinski definition) is 3. The SMILES string of the molecule is O=C(OCCCCC[P+](c1ccccc1)(c1ccccc1)c1ccccc1)c1ccccc1O.[Br-]. The topological polar surface area (TPSA) is 46.5 Å². The van der Waals surface area contributed by atoms with Gasteiger partial charge in [-0.25, -0.2) is 4.79 Å². The predicted octanol–water partition coefficient (Wildman–Crippen LogP) is 2.72. The fourth-order valence-corrected chi connectivity index (χ4v) is 8.81. The van der Waals surface area contributed by atoms with Gasteiger partial charge in [0, 0.05) is 0 Å². The van der Waals surface area contributed by atoms with Crippen molar-refractivity contribution in [1.29, 1.82) is 0 Å². The number of ether oxygens (including phenoxy) is 1. The zero-order chi connectivity index (χ0) is 23.6. The summed E-state index contributed by atoms with van der Waals surface area (Å²) in [4.78, 5) is 12.2. The van der Waals surface area contributed by atoms with Crippen molar-refractivity contribution in [3.63, 3.8) is 0 Å². The van der Waals surface area contributed by atoms with Crippen LogP contribution in [0, 0.1) is 0 Å². The number of hydrogen-bond donors (Lipinski definition) is 1. The second kappa shape index (κ2) is 13.2. The average molecular weight is 549 g/mol. The fourth-order valence-electron chi connectivity index (χ4n) is 4.40. The average Bonchev–Trinajstić information content (AvgIpc) is 2.90. The molecule has 1 N–H and O–H groups in total. The van der Waals surface area contributed by atoms with Gasteiger partial charge in [-0.1, -0.05) is 66.7 Å². The lowest BCUT2D eigenvalue weighted by Crippen LogP contribution is -3.00. The standard InChI is InChI=1S/C30H29O3P.BrH/c31-29-22-12-11-21-28(29)30(32)33-23-13-4-14-24-34(25-15-5-1-6-16-25,26-17-7-2-8-18-26)27-19-9-3-10-20-27;/h1-3,5-12,15-22H,4,13-14,23-24H2;1H. The first-order valence-electron chi connectivity index (χ1n) is 11.7. The Bertz CT molecular complexity index is 1090. The third-order valence-electron chi connectivity index (χ3n) is 6.09. The molecule has 0 amide bonds. The third kappa shape index (κ3) is 6.39. The molecule has 0 radical (unpaired) electrons. The first-order valence-corrected chi connectivity index (χ1v) is 13.7. The van der Waals surface area contributed by atoms with Crippen LogP contribution in [-0.2, 0) is 4.74 Å². The van der Waals surface area contributed by atoms with E-state index in [1.165, 1.54) is 22.0 Å². The highest BCUT2D eigenvalue weighted by Gasteiger charge is 2.44. The maximum atomic E-state index is 12.2. The van der Waals surface area contributed by atoms with E-state index in [1.54, 1.807) is 18.2 Å². The maximum Gasteiger partial charge on any atom is 0.341 e. The molecule has 4 aromatic carbocycles. The van der Waals surface area contributed by atoms with Gasteiger partial charge in [0.1, 0.15) is 34.5 Å². The van der Waals surface area contributed by atoms with Crippen LogP contribution in [0.25, 0.3) is 0 Å². The van der Waals surface area contributed by atoms with Crippen LogP contribution < -0.4 is 32.9 Å². The lowest BCUT2D eigenvalue weighted by Gasteiger charge is -2.27. The van der Waals surface area contributed by atoms with Crippen molar-refractivity contribution < 1.29 is 31.6 Å². The zero-order valence-corrected chi connectivity index (χ0v) is 22.1. The van der Waals surface area contributed by atoms with Gasteiger partial charge < -0.3 is 26.8 Å². The van der Waals surface area contributed by atoms with E-state index in [4.69, 9.17) is 4.74 Å². The first kappa shape index (κ1) is 26.7. The molecule has 0 aliphatic carbocycles. The highest BCUT2D eigenvalue weighted by atomic mass is 79.9. The molecule has 180 valence electrons. The number of phenols is 1. The van der Waals surface area contributed by atoms with E-state index in [-0.39, 0.29) is 28.3 Å². The molecule has 4 rings (SSSR count). The summed E-state index contributed by atoms with van der Waals surface area (Å²) in [6.45, 7) is 0.348.